The van der Waals surface area contributed by atoms with Crippen molar-refractivity contribution < 1.29 is 13.2 Å². The van der Waals surface area contributed by atoms with Gasteiger partial charge in [-0.2, -0.15) is 13.2 Å². The number of thiophene rings is 1. The molecule has 0 saturated carbocycles. The van der Waals surface area contributed by atoms with E-state index in [-0.39, 0.29) is 6.54 Å². The van der Waals surface area contributed by atoms with E-state index in [4.69, 9.17) is 5.73 Å². The predicted octanol–water partition coefficient (Wildman–Crippen LogP) is 4.38. The van der Waals surface area contributed by atoms with Crippen molar-refractivity contribution in [3.05, 3.63) is 46.8 Å². The summed E-state index contributed by atoms with van der Waals surface area (Å²) in [4.78, 5) is 0.771. The molecule has 0 radical (unpaired) electrons. The highest BCUT2D eigenvalue weighted by atomic mass is 32.2. The van der Waals surface area contributed by atoms with Crippen LogP contribution < -0.4 is 5.73 Å². The quantitative estimate of drug-likeness (QED) is 0.907. The number of hydrogen-bond donors (Lipinski definition) is 1. The standard InChI is InChI=1S/C12H10F3NS2/c13-12(14,15)9-3-4-10(8(6-9)7-16)18-11-2-1-5-17-11/h1-6H,7,16H2. The van der Waals surface area contributed by atoms with Gasteiger partial charge in [0.1, 0.15) is 0 Å². The number of benzene rings is 1. The first kappa shape index (κ1) is 13.5. The van der Waals surface area contributed by atoms with Gasteiger partial charge in [0, 0.05) is 11.4 Å². The van der Waals surface area contributed by atoms with Crippen LogP contribution in [0.2, 0.25) is 0 Å². The SMILES string of the molecule is NCc1cc(C(F)(F)F)ccc1Sc1cccs1. The van der Waals surface area contributed by atoms with Crippen LogP contribution in [0, 0.1) is 0 Å². The molecule has 2 N–H and O–H groups in total. The minimum atomic E-state index is -4.32. The van der Waals surface area contributed by atoms with E-state index >= 15 is 0 Å². The smallest absolute Gasteiger partial charge is 0.326 e. The third-order valence-corrected chi connectivity index (χ3v) is 4.47. The molecule has 2 rings (SSSR count). The van der Waals surface area contributed by atoms with Gasteiger partial charge in [-0.1, -0.05) is 17.8 Å². The van der Waals surface area contributed by atoms with Crippen LogP contribution in [0.1, 0.15) is 11.1 Å². The normalized spacial score (nSPS) is 11.8. The lowest BCUT2D eigenvalue weighted by Gasteiger charge is -2.11. The maximum Gasteiger partial charge on any atom is 0.416 e. The molecule has 0 aliphatic carbocycles. The van der Waals surface area contributed by atoms with Crippen LogP contribution in [0.4, 0.5) is 13.2 Å². The zero-order valence-corrected chi connectivity index (χ0v) is 10.8. The van der Waals surface area contributed by atoms with Gasteiger partial charge in [0.05, 0.1) is 9.77 Å². The minimum Gasteiger partial charge on any atom is -0.326 e. The molecule has 0 fully saturated rings. The molecule has 0 atom stereocenters. The van der Waals surface area contributed by atoms with Crippen LogP contribution in [0.3, 0.4) is 0 Å². The Bertz CT molecular complexity index is 521. The Morgan fingerprint density at radius 3 is 2.56 bits per heavy atom. The first-order valence-electron chi connectivity index (χ1n) is 5.12. The van der Waals surface area contributed by atoms with Crippen molar-refractivity contribution in [1.29, 1.82) is 0 Å². The summed E-state index contributed by atoms with van der Waals surface area (Å²) in [5.74, 6) is 0. The van der Waals surface area contributed by atoms with E-state index in [0.717, 1.165) is 21.2 Å². The fourth-order valence-corrected chi connectivity index (χ4v) is 3.29. The number of rotatable bonds is 3. The Morgan fingerprint density at radius 2 is 2.00 bits per heavy atom. The van der Waals surface area contributed by atoms with Gasteiger partial charge >= 0.3 is 6.18 Å². The molecule has 0 aliphatic rings. The van der Waals surface area contributed by atoms with Crippen molar-refractivity contribution in [2.24, 2.45) is 5.73 Å². The van der Waals surface area contributed by atoms with Crippen molar-refractivity contribution >= 4 is 23.1 Å². The largest absolute Gasteiger partial charge is 0.416 e. The molecule has 1 nitrogen and oxygen atoms in total. The maximum absolute atomic E-state index is 12.6. The number of halogens is 3. The molecule has 0 amide bonds. The fourth-order valence-electron chi connectivity index (χ4n) is 1.44. The van der Waals surface area contributed by atoms with Crippen molar-refractivity contribution in [1.82, 2.24) is 0 Å². The molecule has 96 valence electrons. The second-order valence-corrected chi connectivity index (χ2v) is 5.85. The molecule has 1 aromatic heterocycles. The van der Waals surface area contributed by atoms with Gasteiger partial charge in [0.25, 0.3) is 0 Å². The zero-order chi connectivity index (χ0) is 13.2. The Hall–Kier alpha value is -0.980. The Morgan fingerprint density at radius 1 is 1.22 bits per heavy atom. The lowest BCUT2D eigenvalue weighted by Crippen LogP contribution is -2.07. The van der Waals surface area contributed by atoms with Gasteiger partial charge < -0.3 is 5.73 Å². The highest BCUT2D eigenvalue weighted by Crippen LogP contribution is 2.37. The molecule has 0 unspecified atom stereocenters. The third kappa shape index (κ3) is 3.07. The summed E-state index contributed by atoms with van der Waals surface area (Å²) >= 11 is 2.98. The van der Waals surface area contributed by atoms with Crippen LogP contribution >= 0.6 is 23.1 Å². The van der Waals surface area contributed by atoms with E-state index in [1.54, 1.807) is 11.3 Å². The summed E-state index contributed by atoms with van der Waals surface area (Å²) in [6.07, 6.45) is -4.32. The third-order valence-electron chi connectivity index (χ3n) is 2.31. The van der Waals surface area contributed by atoms with E-state index in [2.05, 4.69) is 0 Å². The Labute approximate surface area is 111 Å². The number of hydrogen-bond acceptors (Lipinski definition) is 3. The van der Waals surface area contributed by atoms with E-state index in [9.17, 15) is 13.2 Å². The van der Waals surface area contributed by atoms with E-state index in [0.29, 0.717) is 5.56 Å². The topological polar surface area (TPSA) is 26.0 Å². The fraction of sp³-hybridized carbons (Fsp3) is 0.167. The van der Waals surface area contributed by atoms with E-state index < -0.39 is 11.7 Å². The summed E-state index contributed by atoms with van der Waals surface area (Å²) in [6.45, 7) is 0.0949. The Balaban J connectivity index is 2.32. The van der Waals surface area contributed by atoms with Gasteiger partial charge in [0.2, 0.25) is 0 Å². The molecule has 0 bridgehead atoms. The van der Waals surface area contributed by atoms with Crippen molar-refractivity contribution in [3.63, 3.8) is 0 Å². The molecular weight excluding hydrogens is 279 g/mol. The van der Waals surface area contributed by atoms with E-state index in [1.165, 1.54) is 17.8 Å². The summed E-state index contributed by atoms with van der Waals surface area (Å²) in [5.41, 5.74) is 5.38. The van der Waals surface area contributed by atoms with Crippen LogP contribution in [0.25, 0.3) is 0 Å². The average molecular weight is 289 g/mol. The molecule has 0 aliphatic heterocycles. The number of alkyl halides is 3. The Kier molecular flexibility index (Phi) is 3.99. The summed E-state index contributed by atoms with van der Waals surface area (Å²) in [6, 6.07) is 7.52. The van der Waals surface area contributed by atoms with Gasteiger partial charge in [-0.05, 0) is 35.2 Å². The van der Waals surface area contributed by atoms with Crippen LogP contribution in [0.15, 0.2) is 44.8 Å². The molecule has 1 aromatic carbocycles. The monoisotopic (exact) mass is 289 g/mol. The minimum absolute atomic E-state index is 0.0949. The van der Waals surface area contributed by atoms with Gasteiger partial charge in [-0.3, -0.25) is 0 Å². The number of nitrogens with two attached hydrogens (primary N) is 1. The predicted molar refractivity (Wildman–Crippen MR) is 67.8 cm³/mol. The van der Waals surface area contributed by atoms with E-state index in [1.807, 2.05) is 17.5 Å². The summed E-state index contributed by atoms with van der Waals surface area (Å²) in [7, 11) is 0. The molecule has 2 aromatic rings. The van der Waals surface area contributed by atoms with Crippen LogP contribution in [-0.2, 0) is 12.7 Å². The molecule has 0 spiro atoms. The van der Waals surface area contributed by atoms with Crippen LogP contribution in [0.5, 0.6) is 0 Å². The summed E-state index contributed by atoms with van der Waals surface area (Å²) < 4.78 is 38.7. The zero-order valence-electron chi connectivity index (χ0n) is 9.20. The van der Waals surface area contributed by atoms with Gasteiger partial charge in [0.15, 0.2) is 0 Å². The van der Waals surface area contributed by atoms with Crippen molar-refractivity contribution in [2.45, 2.75) is 21.8 Å². The second-order valence-electron chi connectivity index (χ2n) is 3.56. The summed E-state index contributed by atoms with van der Waals surface area (Å²) in [5, 5.41) is 1.93. The molecular formula is C12H10F3NS2. The van der Waals surface area contributed by atoms with Gasteiger partial charge in [-0.15, -0.1) is 11.3 Å². The highest BCUT2D eigenvalue weighted by molar-refractivity contribution is 8.01. The average Bonchev–Trinajstić information content (AvgIpc) is 2.81. The second kappa shape index (κ2) is 5.34. The van der Waals surface area contributed by atoms with Crippen LogP contribution in [-0.4, -0.2) is 0 Å². The van der Waals surface area contributed by atoms with Crippen molar-refractivity contribution in [3.8, 4) is 0 Å². The maximum atomic E-state index is 12.6. The molecule has 6 heteroatoms. The molecule has 1 heterocycles. The van der Waals surface area contributed by atoms with Gasteiger partial charge in [-0.25, -0.2) is 0 Å². The van der Waals surface area contributed by atoms with Crippen molar-refractivity contribution in [2.75, 3.05) is 0 Å². The lowest BCUT2D eigenvalue weighted by atomic mass is 10.1. The first-order chi connectivity index (χ1) is 8.50. The molecule has 18 heavy (non-hydrogen) atoms. The lowest BCUT2D eigenvalue weighted by molar-refractivity contribution is -0.137. The first-order valence-corrected chi connectivity index (χ1v) is 6.82. The molecule has 0 saturated heterocycles. The highest BCUT2D eigenvalue weighted by Gasteiger charge is 2.30.